The van der Waals surface area contributed by atoms with Crippen LogP contribution in [0.15, 0.2) is 12.4 Å². The van der Waals surface area contributed by atoms with Gasteiger partial charge in [-0.1, -0.05) is 13.8 Å². The number of nitrogens with zero attached hydrogens (tertiary/aromatic N) is 2. The van der Waals surface area contributed by atoms with E-state index < -0.39 is 10.0 Å². The molecular formula is C10H18N4O2S. The molecule has 96 valence electrons. The van der Waals surface area contributed by atoms with Gasteiger partial charge in [-0.15, -0.1) is 0 Å². The summed E-state index contributed by atoms with van der Waals surface area (Å²) < 4.78 is 24.6. The summed E-state index contributed by atoms with van der Waals surface area (Å²) in [6.07, 6.45) is 1.48. The van der Waals surface area contributed by atoms with Crippen LogP contribution >= 0.6 is 0 Å². The van der Waals surface area contributed by atoms with Crippen molar-refractivity contribution in [3.63, 3.8) is 0 Å². The van der Waals surface area contributed by atoms with Crippen molar-refractivity contribution in [2.24, 2.45) is 0 Å². The van der Waals surface area contributed by atoms with Crippen LogP contribution in [0.1, 0.15) is 25.5 Å². The highest BCUT2D eigenvalue weighted by Crippen LogP contribution is 2.13. The first kappa shape index (κ1) is 13.9. The van der Waals surface area contributed by atoms with Crippen LogP contribution in [0.4, 0.5) is 5.82 Å². The molecular weight excluding hydrogens is 240 g/mol. The molecule has 0 saturated heterocycles. The van der Waals surface area contributed by atoms with Crippen molar-refractivity contribution in [2.75, 3.05) is 24.7 Å². The molecule has 0 aliphatic heterocycles. The third-order valence-electron chi connectivity index (χ3n) is 2.27. The summed E-state index contributed by atoms with van der Waals surface area (Å²) in [5, 5.41) is 2.96. The van der Waals surface area contributed by atoms with E-state index in [0.29, 0.717) is 18.3 Å². The number of aromatic nitrogens is 2. The highest BCUT2D eigenvalue weighted by Gasteiger charge is 2.07. The van der Waals surface area contributed by atoms with E-state index in [4.69, 9.17) is 0 Å². The molecule has 1 rings (SSSR count). The van der Waals surface area contributed by atoms with Crippen molar-refractivity contribution in [3.05, 3.63) is 18.1 Å². The summed E-state index contributed by atoms with van der Waals surface area (Å²) >= 11 is 0. The lowest BCUT2D eigenvalue weighted by Crippen LogP contribution is -2.26. The highest BCUT2D eigenvalue weighted by atomic mass is 32.2. The van der Waals surface area contributed by atoms with Gasteiger partial charge in [-0.05, 0) is 13.0 Å². The summed E-state index contributed by atoms with van der Waals surface area (Å²) in [6.45, 7) is 4.40. The van der Waals surface area contributed by atoms with E-state index in [-0.39, 0.29) is 5.75 Å². The van der Waals surface area contributed by atoms with E-state index >= 15 is 0 Å². The predicted molar refractivity (Wildman–Crippen MR) is 67.5 cm³/mol. The Morgan fingerprint density at radius 3 is 2.65 bits per heavy atom. The van der Waals surface area contributed by atoms with Gasteiger partial charge < -0.3 is 5.32 Å². The molecule has 2 N–H and O–H groups in total. The molecule has 0 bridgehead atoms. The first-order valence-electron chi connectivity index (χ1n) is 5.41. The largest absolute Gasteiger partial charge is 0.369 e. The standard InChI is InChI=1S/C10H18N4O2S/c1-8(2)9-6-10(14-7-13-9)12-4-5-17(15,16)11-3/h6-8,11H,4-5H2,1-3H3,(H,12,13,14). The lowest BCUT2D eigenvalue weighted by atomic mass is 10.1. The van der Waals surface area contributed by atoms with E-state index in [0.717, 1.165) is 5.69 Å². The second kappa shape index (κ2) is 5.92. The number of anilines is 1. The summed E-state index contributed by atoms with van der Waals surface area (Å²) in [7, 11) is -1.77. The Balaban J connectivity index is 2.55. The van der Waals surface area contributed by atoms with E-state index in [1.807, 2.05) is 19.9 Å². The van der Waals surface area contributed by atoms with Gasteiger partial charge in [-0.2, -0.15) is 0 Å². The van der Waals surface area contributed by atoms with E-state index in [9.17, 15) is 8.42 Å². The Kier molecular flexibility index (Phi) is 4.83. The van der Waals surface area contributed by atoms with Crippen molar-refractivity contribution in [1.82, 2.24) is 14.7 Å². The molecule has 0 aliphatic carbocycles. The van der Waals surface area contributed by atoms with Crippen LogP contribution in [0, 0.1) is 0 Å². The Morgan fingerprint density at radius 2 is 2.06 bits per heavy atom. The Hall–Kier alpha value is -1.21. The minimum Gasteiger partial charge on any atom is -0.369 e. The quantitative estimate of drug-likeness (QED) is 0.779. The van der Waals surface area contributed by atoms with Crippen LogP contribution in [0.2, 0.25) is 0 Å². The molecule has 0 aliphatic rings. The highest BCUT2D eigenvalue weighted by molar-refractivity contribution is 7.89. The third-order valence-corrected chi connectivity index (χ3v) is 3.63. The predicted octanol–water partition coefficient (Wildman–Crippen LogP) is 0.561. The van der Waals surface area contributed by atoms with Crippen molar-refractivity contribution >= 4 is 15.8 Å². The molecule has 0 spiro atoms. The monoisotopic (exact) mass is 258 g/mol. The first-order valence-corrected chi connectivity index (χ1v) is 7.07. The fourth-order valence-corrected chi connectivity index (χ4v) is 1.78. The van der Waals surface area contributed by atoms with Gasteiger partial charge in [0, 0.05) is 18.3 Å². The van der Waals surface area contributed by atoms with E-state index in [1.54, 1.807) is 0 Å². The Morgan fingerprint density at radius 1 is 1.35 bits per heavy atom. The van der Waals surface area contributed by atoms with Gasteiger partial charge in [-0.25, -0.2) is 23.1 Å². The van der Waals surface area contributed by atoms with Crippen LogP contribution in [0.25, 0.3) is 0 Å². The molecule has 1 heterocycles. The molecule has 6 nitrogen and oxygen atoms in total. The van der Waals surface area contributed by atoms with Crippen molar-refractivity contribution in [3.8, 4) is 0 Å². The summed E-state index contributed by atoms with van der Waals surface area (Å²) in [6, 6.07) is 1.83. The van der Waals surface area contributed by atoms with Gasteiger partial charge in [-0.3, -0.25) is 0 Å². The maximum Gasteiger partial charge on any atom is 0.213 e. The van der Waals surface area contributed by atoms with Crippen LogP contribution in [-0.4, -0.2) is 37.7 Å². The fraction of sp³-hybridized carbons (Fsp3) is 0.600. The topological polar surface area (TPSA) is 84.0 Å². The minimum absolute atomic E-state index is 0.0184. The average Bonchev–Trinajstić information content (AvgIpc) is 2.29. The number of hydrogen-bond acceptors (Lipinski definition) is 5. The molecule has 0 unspecified atom stereocenters. The SMILES string of the molecule is CNS(=O)(=O)CCNc1cc(C(C)C)ncn1. The molecule has 0 radical (unpaired) electrons. The molecule has 1 aromatic rings. The number of sulfonamides is 1. The molecule has 1 aromatic heterocycles. The lowest BCUT2D eigenvalue weighted by Gasteiger charge is -2.08. The zero-order valence-corrected chi connectivity index (χ0v) is 11.1. The van der Waals surface area contributed by atoms with E-state index in [1.165, 1.54) is 13.4 Å². The molecule has 0 saturated carbocycles. The van der Waals surface area contributed by atoms with Gasteiger partial charge in [0.25, 0.3) is 0 Å². The molecule has 0 fully saturated rings. The van der Waals surface area contributed by atoms with Crippen LogP contribution < -0.4 is 10.0 Å². The number of hydrogen-bond donors (Lipinski definition) is 2. The van der Waals surface area contributed by atoms with Gasteiger partial charge in [0.2, 0.25) is 10.0 Å². The van der Waals surface area contributed by atoms with Gasteiger partial charge in [0.15, 0.2) is 0 Å². The number of rotatable bonds is 6. The molecule has 0 atom stereocenters. The first-order chi connectivity index (χ1) is 7.94. The van der Waals surface area contributed by atoms with Crippen LogP contribution in [-0.2, 0) is 10.0 Å². The smallest absolute Gasteiger partial charge is 0.213 e. The second-order valence-electron chi connectivity index (χ2n) is 3.93. The summed E-state index contributed by atoms with van der Waals surface area (Å²) in [5.41, 5.74) is 0.930. The van der Waals surface area contributed by atoms with E-state index in [2.05, 4.69) is 20.0 Å². The summed E-state index contributed by atoms with van der Waals surface area (Å²) in [5.74, 6) is 0.986. The van der Waals surface area contributed by atoms with Gasteiger partial charge in [0.05, 0.1) is 5.75 Å². The zero-order chi connectivity index (χ0) is 12.9. The normalized spacial score (nSPS) is 11.8. The Bertz CT molecular complexity index is 459. The van der Waals surface area contributed by atoms with Crippen molar-refractivity contribution in [1.29, 1.82) is 0 Å². The maximum absolute atomic E-state index is 11.2. The van der Waals surface area contributed by atoms with Gasteiger partial charge in [0.1, 0.15) is 12.1 Å². The van der Waals surface area contributed by atoms with Crippen LogP contribution in [0.3, 0.4) is 0 Å². The van der Waals surface area contributed by atoms with Crippen LogP contribution in [0.5, 0.6) is 0 Å². The average molecular weight is 258 g/mol. The molecule has 0 amide bonds. The third kappa shape index (κ3) is 4.66. The Labute approximate surface area is 102 Å². The van der Waals surface area contributed by atoms with Gasteiger partial charge >= 0.3 is 0 Å². The number of nitrogens with one attached hydrogen (secondary N) is 2. The second-order valence-corrected chi connectivity index (χ2v) is 5.98. The maximum atomic E-state index is 11.2. The minimum atomic E-state index is -3.17. The summed E-state index contributed by atoms with van der Waals surface area (Å²) in [4.78, 5) is 8.16. The molecule has 0 aromatic carbocycles. The van der Waals surface area contributed by atoms with Crippen molar-refractivity contribution < 1.29 is 8.42 Å². The lowest BCUT2D eigenvalue weighted by molar-refractivity contribution is 0.588. The zero-order valence-electron chi connectivity index (χ0n) is 10.3. The molecule has 7 heteroatoms. The molecule has 17 heavy (non-hydrogen) atoms. The van der Waals surface area contributed by atoms with Crippen molar-refractivity contribution in [2.45, 2.75) is 19.8 Å². The fourth-order valence-electron chi connectivity index (χ4n) is 1.20.